The van der Waals surface area contributed by atoms with Gasteiger partial charge in [0.2, 0.25) is 0 Å². The molecule has 0 aromatic rings. The summed E-state index contributed by atoms with van der Waals surface area (Å²) in [6.45, 7) is 12.0. The molecule has 0 spiro atoms. The number of carbonyl (C=O) groups is 1. The summed E-state index contributed by atoms with van der Waals surface area (Å²) in [4.78, 5) is 11.6. The molecule has 0 aliphatic heterocycles. The van der Waals surface area contributed by atoms with Gasteiger partial charge in [0, 0.05) is 6.04 Å². The van der Waals surface area contributed by atoms with Crippen molar-refractivity contribution in [3.63, 3.8) is 0 Å². The van der Waals surface area contributed by atoms with Gasteiger partial charge in [-0.3, -0.25) is 0 Å². The average Bonchev–Trinajstić information content (AvgIpc) is 2.08. The lowest BCUT2D eigenvalue weighted by molar-refractivity contribution is 0.0486. The summed E-state index contributed by atoms with van der Waals surface area (Å²) in [5.41, 5.74) is -0.420. The molecule has 3 heteroatoms. The van der Waals surface area contributed by atoms with Crippen molar-refractivity contribution >= 4 is 6.09 Å². The van der Waals surface area contributed by atoms with E-state index < -0.39 is 5.60 Å². The summed E-state index contributed by atoms with van der Waals surface area (Å²) in [6, 6.07) is 0.217. The van der Waals surface area contributed by atoms with E-state index in [1.165, 1.54) is 0 Å². The van der Waals surface area contributed by atoms with Gasteiger partial charge < -0.3 is 10.1 Å². The predicted octanol–water partition coefficient (Wildman–Crippen LogP) is 3.73. The van der Waals surface area contributed by atoms with E-state index in [4.69, 9.17) is 4.74 Å². The highest BCUT2D eigenvalue weighted by Crippen LogP contribution is 2.12. The summed E-state index contributed by atoms with van der Waals surface area (Å²) in [5, 5.41) is 2.95. The minimum absolute atomic E-state index is 0.217. The van der Waals surface area contributed by atoms with Crippen molar-refractivity contribution in [2.75, 3.05) is 0 Å². The Balaban J connectivity index is 4.13. The first-order chi connectivity index (χ1) is 7.26. The number of rotatable bonds is 5. The van der Waals surface area contributed by atoms with Gasteiger partial charge in [0.1, 0.15) is 5.60 Å². The molecule has 0 radical (unpaired) electrons. The molecule has 3 nitrogen and oxygen atoms in total. The summed E-state index contributed by atoms with van der Waals surface area (Å²) in [5.74, 6) is 0.444. The number of nitrogens with one attached hydrogen (secondary N) is 1. The lowest BCUT2D eigenvalue weighted by Crippen LogP contribution is -2.41. The van der Waals surface area contributed by atoms with Crippen LogP contribution in [0.1, 0.15) is 60.8 Å². The lowest BCUT2D eigenvalue weighted by Gasteiger charge is -2.25. The summed E-state index contributed by atoms with van der Waals surface area (Å²) in [7, 11) is 0. The third-order valence-corrected chi connectivity index (χ3v) is 2.38. The van der Waals surface area contributed by atoms with E-state index >= 15 is 0 Å². The molecule has 0 saturated carbocycles. The first-order valence-corrected chi connectivity index (χ1v) is 6.25. The molecule has 0 aliphatic carbocycles. The van der Waals surface area contributed by atoms with Crippen LogP contribution in [0.3, 0.4) is 0 Å². The maximum Gasteiger partial charge on any atom is 0.407 e. The van der Waals surface area contributed by atoms with Crippen LogP contribution in [0, 0.1) is 5.92 Å². The fourth-order valence-electron chi connectivity index (χ4n) is 1.46. The van der Waals surface area contributed by atoms with E-state index in [1.807, 2.05) is 20.8 Å². The standard InChI is InChI=1S/C13H27NO2/c1-7-8-9-11(10(2)3)14-12(15)16-13(4,5)6/h10-11H,7-9H2,1-6H3,(H,14,15)/t11-/m1/s1. The minimum Gasteiger partial charge on any atom is -0.444 e. The summed E-state index contributed by atoms with van der Waals surface area (Å²) >= 11 is 0. The van der Waals surface area contributed by atoms with Gasteiger partial charge in [0.25, 0.3) is 0 Å². The molecule has 1 amide bonds. The van der Waals surface area contributed by atoms with Crippen LogP contribution < -0.4 is 5.32 Å². The molecule has 1 N–H and O–H groups in total. The molecule has 0 heterocycles. The number of amides is 1. The second-order valence-electron chi connectivity index (χ2n) is 5.64. The van der Waals surface area contributed by atoms with E-state index in [-0.39, 0.29) is 12.1 Å². The summed E-state index contributed by atoms with van der Waals surface area (Å²) < 4.78 is 5.25. The molecule has 16 heavy (non-hydrogen) atoms. The van der Waals surface area contributed by atoms with Crippen LogP contribution in [0.15, 0.2) is 0 Å². The van der Waals surface area contributed by atoms with Crippen molar-refractivity contribution in [1.82, 2.24) is 5.32 Å². The van der Waals surface area contributed by atoms with Gasteiger partial charge >= 0.3 is 6.09 Å². The normalized spacial score (nSPS) is 13.7. The number of unbranched alkanes of at least 4 members (excludes halogenated alkanes) is 1. The molecule has 0 saturated heterocycles. The molecule has 0 unspecified atom stereocenters. The van der Waals surface area contributed by atoms with Crippen molar-refractivity contribution in [2.24, 2.45) is 5.92 Å². The Morgan fingerprint density at radius 1 is 1.31 bits per heavy atom. The Morgan fingerprint density at radius 2 is 1.88 bits per heavy atom. The second kappa shape index (κ2) is 6.77. The molecule has 0 rings (SSSR count). The highest BCUT2D eigenvalue weighted by molar-refractivity contribution is 5.68. The highest BCUT2D eigenvalue weighted by Gasteiger charge is 2.20. The Morgan fingerprint density at radius 3 is 2.25 bits per heavy atom. The maximum atomic E-state index is 11.6. The molecule has 0 aromatic carbocycles. The van der Waals surface area contributed by atoms with Gasteiger partial charge in [-0.2, -0.15) is 0 Å². The van der Waals surface area contributed by atoms with Crippen molar-refractivity contribution in [2.45, 2.75) is 72.4 Å². The van der Waals surface area contributed by atoms with Crippen LogP contribution in [-0.2, 0) is 4.74 Å². The summed E-state index contributed by atoms with van der Waals surface area (Å²) in [6.07, 6.45) is 3.01. The van der Waals surface area contributed by atoms with Crippen molar-refractivity contribution in [3.05, 3.63) is 0 Å². The Kier molecular flexibility index (Phi) is 6.46. The van der Waals surface area contributed by atoms with E-state index in [0.29, 0.717) is 5.92 Å². The predicted molar refractivity (Wildman–Crippen MR) is 67.5 cm³/mol. The number of alkyl carbamates (subject to hydrolysis) is 1. The molecule has 96 valence electrons. The van der Waals surface area contributed by atoms with Crippen LogP contribution in [0.4, 0.5) is 4.79 Å². The molecular formula is C13H27NO2. The average molecular weight is 229 g/mol. The van der Waals surface area contributed by atoms with Gasteiger partial charge in [-0.15, -0.1) is 0 Å². The van der Waals surface area contributed by atoms with Gasteiger partial charge in [-0.1, -0.05) is 33.6 Å². The van der Waals surface area contributed by atoms with E-state index in [1.54, 1.807) is 0 Å². The number of ether oxygens (including phenoxy) is 1. The van der Waals surface area contributed by atoms with Crippen LogP contribution in [0.25, 0.3) is 0 Å². The van der Waals surface area contributed by atoms with Crippen LogP contribution in [0.2, 0.25) is 0 Å². The fraction of sp³-hybridized carbons (Fsp3) is 0.923. The largest absolute Gasteiger partial charge is 0.444 e. The van der Waals surface area contributed by atoms with Crippen molar-refractivity contribution < 1.29 is 9.53 Å². The third-order valence-electron chi connectivity index (χ3n) is 2.38. The van der Waals surface area contributed by atoms with Crippen LogP contribution in [-0.4, -0.2) is 17.7 Å². The van der Waals surface area contributed by atoms with E-state index in [2.05, 4.69) is 26.1 Å². The first kappa shape index (κ1) is 15.3. The van der Waals surface area contributed by atoms with Crippen LogP contribution >= 0.6 is 0 Å². The number of hydrogen-bond acceptors (Lipinski definition) is 2. The molecular weight excluding hydrogens is 202 g/mol. The Labute approximate surface area is 99.9 Å². The molecule has 0 aliphatic rings. The van der Waals surface area contributed by atoms with Gasteiger partial charge in [0.15, 0.2) is 0 Å². The third kappa shape index (κ3) is 7.55. The first-order valence-electron chi connectivity index (χ1n) is 6.25. The van der Waals surface area contributed by atoms with Gasteiger partial charge in [-0.25, -0.2) is 4.79 Å². The minimum atomic E-state index is -0.420. The lowest BCUT2D eigenvalue weighted by atomic mass is 9.99. The van der Waals surface area contributed by atoms with Gasteiger partial charge in [-0.05, 0) is 33.1 Å². The molecule has 1 atom stereocenters. The van der Waals surface area contributed by atoms with Crippen LogP contribution in [0.5, 0.6) is 0 Å². The molecule has 0 aromatic heterocycles. The van der Waals surface area contributed by atoms with E-state index in [9.17, 15) is 4.79 Å². The topological polar surface area (TPSA) is 38.3 Å². The quantitative estimate of drug-likeness (QED) is 0.780. The SMILES string of the molecule is CCCC[C@@H](NC(=O)OC(C)(C)C)C(C)C. The van der Waals surface area contributed by atoms with Gasteiger partial charge in [0.05, 0.1) is 0 Å². The smallest absolute Gasteiger partial charge is 0.407 e. The second-order valence-corrected chi connectivity index (χ2v) is 5.64. The zero-order chi connectivity index (χ0) is 12.8. The Bertz CT molecular complexity index is 206. The number of hydrogen-bond donors (Lipinski definition) is 1. The maximum absolute atomic E-state index is 11.6. The zero-order valence-electron chi connectivity index (χ0n) is 11.6. The molecule has 0 fully saturated rings. The monoisotopic (exact) mass is 229 g/mol. The Hall–Kier alpha value is -0.730. The fourth-order valence-corrected chi connectivity index (χ4v) is 1.46. The zero-order valence-corrected chi connectivity index (χ0v) is 11.6. The van der Waals surface area contributed by atoms with E-state index in [0.717, 1.165) is 19.3 Å². The van der Waals surface area contributed by atoms with Crippen molar-refractivity contribution in [1.29, 1.82) is 0 Å². The molecule has 0 bridgehead atoms. The van der Waals surface area contributed by atoms with Crippen molar-refractivity contribution in [3.8, 4) is 0 Å². The highest BCUT2D eigenvalue weighted by atomic mass is 16.6. The number of carbonyl (C=O) groups excluding carboxylic acids is 1.